The Morgan fingerprint density at radius 1 is 1.38 bits per heavy atom. The van der Waals surface area contributed by atoms with Gasteiger partial charge in [-0.05, 0) is 18.3 Å². The Morgan fingerprint density at radius 2 is 1.94 bits per heavy atom. The Kier molecular flexibility index (Phi) is 7.34. The average molecular weight is 232 g/mol. The molecule has 0 spiro atoms. The van der Waals surface area contributed by atoms with Crippen molar-refractivity contribution in [3.63, 3.8) is 0 Å². The molecule has 4 nitrogen and oxygen atoms in total. The second kappa shape index (κ2) is 7.63. The smallest absolute Gasteiger partial charge is 0.335 e. The number of methoxy groups -OCH3 is 1. The van der Waals surface area contributed by atoms with Crippen LogP contribution in [-0.2, 0) is 9.53 Å². The molecule has 0 saturated heterocycles. The number of hydrogen-bond donors (Lipinski definition) is 2. The summed E-state index contributed by atoms with van der Waals surface area (Å²) in [5.41, 5.74) is 0. The topological polar surface area (TPSA) is 66.8 Å². The van der Waals surface area contributed by atoms with Crippen molar-refractivity contribution >= 4 is 5.97 Å². The minimum Gasteiger partial charge on any atom is -0.479 e. The third-order valence-corrected chi connectivity index (χ3v) is 2.95. The maximum absolute atomic E-state index is 10.8. The summed E-state index contributed by atoms with van der Waals surface area (Å²) in [6.45, 7) is 6.11. The monoisotopic (exact) mass is 232 g/mol. The first-order chi connectivity index (χ1) is 7.43. The van der Waals surface area contributed by atoms with Crippen molar-refractivity contribution < 1.29 is 19.7 Å². The molecule has 0 fully saturated rings. The van der Waals surface area contributed by atoms with Crippen molar-refractivity contribution in [2.75, 3.05) is 7.11 Å². The van der Waals surface area contributed by atoms with E-state index < -0.39 is 18.2 Å². The van der Waals surface area contributed by atoms with Crippen LogP contribution in [0, 0.1) is 11.8 Å². The van der Waals surface area contributed by atoms with E-state index in [2.05, 4.69) is 13.8 Å². The van der Waals surface area contributed by atoms with Crippen LogP contribution < -0.4 is 0 Å². The van der Waals surface area contributed by atoms with Crippen LogP contribution in [0.5, 0.6) is 0 Å². The zero-order valence-electron chi connectivity index (χ0n) is 10.6. The average Bonchev–Trinajstić information content (AvgIpc) is 2.18. The molecule has 2 N–H and O–H groups in total. The molecule has 0 aliphatic rings. The van der Waals surface area contributed by atoms with Gasteiger partial charge in [0.1, 0.15) is 0 Å². The van der Waals surface area contributed by atoms with Crippen molar-refractivity contribution in [1.29, 1.82) is 0 Å². The second-order valence-corrected chi connectivity index (χ2v) is 4.59. The van der Waals surface area contributed by atoms with Crippen molar-refractivity contribution in [1.82, 2.24) is 0 Å². The van der Waals surface area contributed by atoms with E-state index >= 15 is 0 Å². The van der Waals surface area contributed by atoms with Gasteiger partial charge < -0.3 is 14.9 Å². The summed E-state index contributed by atoms with van der Waals surface area (Å²) in [7, 11) is 1.31. The fourth-order valence-electron chi connectivity index (χ4n) is 2.07. The Morgan fingerprint density at radius 3 is 2.31 bits per heavy atom. The summed E-state index contributed by atoms with van der Waals surface area (Å²) in [5.74, 6) is -0.673. The van der Waals surface area contributed by atoms with Crippen LogP contribution in [0.2, 0.25) is 0 Å². The molecule has 0 aromatic carbocycles. The molecular formula is C12H24O4. The van der Waals surface area contributed by atoms with Crippen molar-refractivity contribution in [2.45, 2.75) is 52.2 Å². The molecule has 4 atom stereocenters. The first kappa shape index (κ1) is 15.4. The van der Waals surface area contributed by atoms with E-state index in [4.69, 9.17) is 9.84 Å². The van der Waals surface area contributed by atoms with E-state index in [9.17, 15) is 9.90 Å². The van der Waals surface area contributed by atoms with Crippen molar-refractivity contribution in [3.05, 3.63) is 0 Å². The number of rotatable bonds is 8. The van der Waals surface area contributed by atoms with Crippen LogP contribution in [-0.4, -0.2) is 35.5 Å². The summed E-state index contributed by atoms with van der Waals surface area (Å²) in [5, 5.41) is 18.7. The van der Waals surface area contributed by atoms with Gasteiger partial charge in [-0.3, -0.25) is 0 Å². The number of carbonyl (C=O) groups is 1. The molecule has 0 amide bonds. The van der Waals surface area contributed by atoms with Gasteiger partial charge in [0.15, 0.2) is 6.10 Å². The Hall–Kier alpha value is -0.610. The lowest BCUT2D eigenvalue weighted by Gasteiger charge is -2.25. The van der Waals surface area contributed by atoms with Gasteiger partial charge in [0.25, 0.3) is 0 Å². The maximum Gasteiger partial charge on any atom is 0.335 e. The van der Waals surface area contributed by atoms with Gasteiger partial charge in [0.05, 0.1) is 6.10 Å². The highest BCUT2D eigenvalue weighted by Gasteiger charge is 2.31. The third kappa shape index (κ3) is 4.94. The predicted molar refractivity (Wildman–Crippen MR) is 62.3 cm³/mol. The zero-order valence-corrected chi connectivity index (χ0v) is 10.6. The number of ether oxygens (including phenoxy) is 1. The lowest BCUT2D eigenvalue weighted by atomic mass is 9.88. The normalized spacial score (nSPS) is 18.8. The molecule has 0 aliphatic carbocycles. The maximum atomic E-state index is 10.8. The molecule has 4 heteroatoms. The zero-order chi connectivity index (χ0) is 12.7. The SMILES string of the molecule is CCCC(C)CC(C)C(O)C(OC)C(=O)O. The van der Waals surface area contributed by atoms with Crippen LogP contribution in [0.25, 0.3) is 0 Å². The Bertz CT molecular complexity index is 205. The van der Waals surface area contributed by atoms with E-state index in [0.29, 0.717) is 5.92 Å². The first-order valence-corrected chi connectivity index (χ1v) is 5.87. The van der Waals surface area contributed by atoms with Crippen molar-refractivity contribution in [2.24, 2.45) is 11.8 Å². The lowest BCUT2D eigenvalue weighted by molar-refractivity contribution is -0.158. The van der Waals surface area contributed by atoms with Crippen LogP contribution in [0.1, 0.15) is 40.0 Å². The van der Waals surface area contributed by atoms with Gasteiger partial charge in [0, 0.05) is 7.11 Å². The van der Waals surface area contributed by atoms with E-state index in [0.717, 1.165) is 19.3 Å². The Labute approximate surface area is 97.6 Å². The number of aliphatic hydroxyl groups is 1. The van der Waals surface area contributed by atoms with Gasteiger partial charge in [-0.25, -0.2) is 4.79 Å². The summed E-state index contributed by atoms with van der Waals surface area (Å²) >= 11 is 0. The van der Waals surface area contributed by atoms with Crippen LogP contribution in [0.3, 0.4) is 0 Å². The molecule has 96 valence electrons. The Balaban J connectivity index is 4.24. The van der Waals surface area contributed by atoms with Gasteiger partial charge in [-0.15, -0.1) is 0 Å². The lowest BCUT2D eigenvalue weighted by Crippen LogP contribution is -2.40. The highest BCUT2D eigenvalue weighted by atomic mass is 16.5. The van der Waals surface area contributed by atoms with Crippen LogP contribution >= 0.6 is 0 Å². The number of carboxylic acids is 1. The third-order valence-electron chi connectivity index (χ3n) is 2.95. The number of aliphatic carboxylic acids is 1. The molecule has 0 heterocycles. The fraction of sp³-hybridized carbons (Fsp3) is 0.917. The predicted octanol–water partition coefficient (Wildman–Crippen LogP) is 1.91. The molecule has 0 saturated carbocycles. The number of aliphatic hydroxyl groups excluding tert-OH is 1. The van der Waals surface area contributed by atoms with E-state index in [1.165, 1.54) is 7.11 Å². The van der Waals surface area contributed by atoms with Gasteiger partial charge >= 0.3 is 5.97 Å². The molecule has 0 bridgehead atoms. The van der Waals surface area contributed by atoms with E-state index in [1.54, 1.807) is 0 Å². The quantitative estimate of drug-likeness (QED) is 0.671. The molecule has 0 radical (unpaired) electrons. The standard InChI is InChI=1S/C12H24O4/c1-5-6-8(2)7-9(3)10(13)11(16-4)12(14)15/h8-11,13H,5-7H2,1-4H3,(H,14,15). The van der Waals surface area contributed by atoms with Gasteiger partial charge in [0.2, 0.25) is 0 Å². The molecule has 0 aliphatic heterocycles. The molecule has 4 unspecified atom stereocenters. The second-order valence-electron chi connectivity index (χ2n) is 4.59. The number of hydrogen-bond acceptors (Lipinski definition) is 3. The van der Waals surface area contributed by atoms with Crippen LogP contribution in [0.15, 0.2) is 0 Å². The highest BCUT2D eigenvalue weighted by molar-refractivity contribution is 5.73. The minimum atomic E-state index is -1.12. The van der Waals surface area contributed by atoms with E-state index in [1.807, 2.05) is 6.92 Å². The van der Waals surface area contributed by atoms with Gasteiger partial charge in [-0.2, -0.15) is 0 Å². The summed E-state index contributed by atoms with van der Waals surface area (Å²) in [4.78, 5) is 10.8. The summed E-state index contributed by atoms with van der Waals surface area (Å²) < 4.78 is 4.79. The summed E-state index contributed by atoms with van der Waals surface area (Å²) in [6, 6.07) is 0. The largest absolute Gasteiger partial charge is 0.479 e. The molecule has 16 heavy (non-hydrogen) atoms. The molecular weight excluding hydrogens is 208 g/mol. The minimum absolute atomic E-state index is 0.0670. The van der Waals surface area contributed by atoms with Crippen LogP contribution in [0.4, 0.5) is 0 Å². The van der Waals surface area contributed by atoms with E-state index in [-0.39, 0.29) is 5.92 Å². The van der Waals surface area contributed by atoms with Gasteiger partial charge in [-0.1, -0.05) is 33.6 Å². The summed E-state index contributed by atoms with van der Waals surface area (Å²) in [6.07, 6.45) is 0.964. The first-order valence-electron chi connectivity index (χ1n) is 5.87. The molecule has 0 aromatic rings. The molecule has 0 rings (SSSR count). The molecule has 0 aromatic heterocycles. The number of carboxylic acid groups (broad SMARTS) is 1. The van der Waals surface area contributed by atoms with Crippen molar-refractivity contribution in [3.8, 4) is 0 Å². The highest BCUT2D eigenvalue weighted by Crippen LogP contribution is 2.21. The fourth-order valence-corrected chi connectivity index (χ4v) is 2.07.